The van der Waals surface area contributed by atoms with Crippen LogP contribution >= 0.6 is 15.9 Å². The summed E-state index contributed by atoms with van der Waals surface area (Å²) < 4.78 is 33.6. The number of anilines is 1. The Morgan fingerprint density at radius 1 is 1.07 bits per heavy atom. The third-order valence-corrected chi connectivity index (χ3v) is 7.64. The zero-order chi connectivity index (χ0) is 20.9. The number of amides is 1. The predicted molar refractivity (Wildman–Crippen MR) is 117 cm³/mol. The van der Waals surface area contributed by atoms with Crippen LogP contribution < -0.4 is 10.1 Å². The highest BCUT2D eigenvalue weighted by Gasteiger charge is 2.24. The minimum Gasteiger partial charge on any atom is -0.484 e. The third-order valence-electron chi connectivity index (χ3n) is 4.84. The van der Waals surface area contributed by atoms with Crippen molar-refractivity contribution in [1.29, 1.82) is 0 Å². The molecule has 1 heterocycles. The number of sulfonamides is 1. The average Bonchev–Trinajstić information content (AvgIpc) is 2.99. The lowest BCUT2D eigenvalue weighted by Crippen LogP contribution is -2.31. The fraction of sp³-hybridized carbons (Fsp3) is 0.381. The lowest BCUT2D eigenvalue weighted by molar-refractivity contribution is -0.118. The van der Waals surface area contributed by atoms with Gasteiger partial charge in [-0.1, -0.05) is 28.8 Å². The van der Waals surface area contributed by atoms with Gasteiger partial charge in [0.1, 0.15) is 5.75 Å². The topological polar surface area (TPSA) is 75.7 Å². The van der Waals surface area contributed by atoms with Crippen LogP contribution in [0, 0.1) is 6.92 Å². The standard InChI is InChI=1S/C21H25BrN2O4S/c1-16-14-18(8-11-20(16)22)28-15-21(25)23-17-6-9-19(10-7-17)29(26,27)24-12-4-2-3-5-13-24/h6-11,14H,2-5,12-13,15H2,1H3,(H,23,25). The van der Waals surface area contributed by atoms with Gasteiger partial charge in [-0.3, -0.25) is 4.79 Å². The number of hydrogen-bond acceptors (Lipinski definition) is 4. The van der Waals surface area contributed by atoms with E-state index in [9.17, 15) is 13.2 Å². The molecule has 0 radical (unpaired) electrons. The molecule has 3 rings (SSSR count). The van der Waals surface area contributed by atoms with Crippen LogP contribution in [0.2, 0.25) is 0 Å². The molecule has 6 nitrogen and oxygen atoms in total. The normalized spacial score (nSPS) is 15.5. The number of hydrogen-bond donors (Lipinski definition) is 1. The van der Waals surface area contributed by atoms with Gasteiger partial charge in [0.15, 0.2) is 6.61 Å². The second-order valence-corrected chi connectivity index (χ2v) is 9.88. The van der Waals surface area contributed by atoms with E-state index in [1.807, 2.05) is 19.1 Å². The van der Waals surface area contributed by atoms with Crippen LogP contribution in [-0.4, -0.2) is 38.3 Å². The molecule has 0 aromatic heterocycles. The van der Waals surface area contributed by atoms with Gasteiger partial charge in [0.25, 0.3) is 5.91 Å². The zero-order valence-corrected chi connectivity index (χ0v) is 18.8. The Balaban J connectivity index is 1.58. The molecule has 1 N–H and O–H groups in total. The van der Waals surface area contributed by atoms with E-state index in [2.05, 4.69) is 21.2 Å². The summed E-state index contributed by atoms with van der Waals surface area (Å²) >= 11 is 3.42. The van der Waals surface area contributed by atoms with Crippen molar-refractivity contribution in [3.8, 4) is 5.75 Å². The molecule has 8 heteroatoms. The third kappa shape index (κ3) is 5.81. The summed E-state index contributed by atoms with van der Waals surface area (Å²) in [5, 5.41) is 2.72. The molecule has 0 saturated carbocycles. The highest BCUT2D eigenvalue weighted by atomic mass is 79.9. The molecule has 2 aromatic carbocycles. The Labute approximate surface area is 180 Å². The van der Waals surface area contributed by atoms with E-state index in [0.29, 0.717) is 24.5 Å². The number of nitrogens with one attached hydrogen (secondary N) is 1. The summed E-state index contributed by atoms with van der Waals surface area (Å²) in [6, 6.07) is 11.8. The van der Waals surface area contributed by atoms with Crippen LogP contribution in [0.3, 0.4) is 0 Å². The van der Waals surface area contributed by atoms with Crippen LogP contribution in [0.25, 0.3) is 0 Å². The van der Waals surface area contributed by atoms with Gasteiger partial charge in [0.05, 0.1) is 4.90 Å². The molecule has 1 fully saturated rings. The first-order chi connectivity index (χ1) is 13.9. The second kappa shape index (κ2) is 9.73. The monoisotopic (exact) mass is 480 g/mol. The summed E-state index contributed by atoms with van der Waals surface area (Å²) in [5.41, 5.74) is 1.55. The first kappa shape index (κ1) is 21.8. The molecule has 0 bridgehead atoms. The Morgan fingerprint density at radius 3 is 2.34 bits per heavy atom. The number of carbonyl (C=O) groups excluding carboxylic acids is 1. The fourth-order valence-corrected chi connectivity index (χ4v) is 4.96. The molecular weight excluding hydrogens is 456 g/mol. The Bertz CT molecular complexity index is 953. The number of nitrogens with zero attached hydrogens (tertiary/aromatic N) is 1. The van der Waals surface area contributed by atoms with E-state index in [4.69, 9.17) is 4.74 Å². The second-order valence-electron chi connectivity index (χ2n) is 7.09. The molecule has 156 valence electrons. The van der Waals surface area contributed by atoms with Crippen LogP contribution in [0.4, 0.5) is 5.69 Å². The summed E-state index contributed by atoms with van der Waals surface area (Å²) in [5.74, 6) is 0.299. The molecule has 0 atom stereocenters. The lowest BCUT2D eigenvalue weighted by atomic mass is 10.2. The minimum absolute atomic E-state index is 0.130. The van der Waals surface area contributed by atoms with Crippen LogP contribution in [-0.2, 0) is 14.8 Å². The quantitative estimate of drug-likeness (QED) is 0.666. The van der Waals surface area contributed by atoms with Crippen molar-refractivity contribution >= 4 is 37.5 Å². The zero-order valence-electron chi connectivity index (χ0n) is 16.4. The van der Waals surface area contributed by atoms with Gasteiger partial charge in [-0.15, -0.1) is 0 Å². The van der Waals surface area contributed by atoms with Gasteiger partial charge in [-0.2, -0.15) is 4.31 Å². The van der Waals surface area contributed by atoms with E-state index in [1.54, 1.807) is 22.5 Å². The number of benzene rings is 2. The molecule has 2 aromatic rings. The van der Waals surface area contributed by atoms with Gasteiger partial charge in [0, 0.05) is 23.2 Å². The van der Waals surface area contributed by atoms with Gasteiger partial charge in [-0.05, 0) is 67.8 Å². The first-order valence-corrected chi connectivity index (χ1v) is 11.9. The number of rotatable bonds is 6. The number of aryl methyl sites for hydroxylation is 1. The maximum Gasteiger partial charge on any atom is 0.262 e. The van der Waals surface area contributed by atoms with E-state index >= 15 is 0 Å². The molecule has 1 saturated heterocycles. The number of halogens is 1. The predicted octanol–water partition coefficient (Wildman–Crippen LogP) is 4.34. The maximum absolute atomic E-state index is 12.8. The largest absolute Gasteiger partial charge is 0.484 e. The summed E-state index contributed by atoms with van der Waals surface area (Å²) in [7, 11) is -3.49. The van der Waals surface area contributed by atoms with E-state index in [-0.39, 0.29) is 17.4 Å². The fourth-order valence-electron chi connectivity index (χ4n) is 3.19. The summed E-state index contributed by atoms with van der Waals surface area (Å²) in [6.45, 7) is 2.94. The molecule has 1 amide bonds. The van der Waals surface area contributed by atoms with Gasteiger partial charge >= 0.3 is 0 Å². The van der Waals surface area contributed by atoms with Crippen molar-refractivity contribution in [2.45, 2.75) is 37.5 Å². The highest BCUT2D eigenvalue weighted by molar-refractivity contribution is 9.10. The summed E-state index contributed by atoms with van der Waals surface area (Å²) in [4.78, 5) is 12.4. The molecule has 29 heavy (non-hydrogen) atoms. The first-order valence-electron chi connectivity index (χ1n) is 9.65. The number of carbonyl (C=O) groups is 1. The van der Waals surface area contributed by atoms with Crippen LogP contribution in [0.15, 0.2) is 51.8 Å². The van der Waals surface area contributed by atoms with Crippen molar-refractivity contribution in [3.05, 3.63) is 52.5 Å². The molecule has 0 unspecified atom stereocenters. The lowest BCUT2D eigenvalue weighted by Gasteiger charge is -2.20. The SMILES string of the molecule is Cc1cc(OCC(=O)Nc2ccc(S(=O)(=O)N3CCCCCC3)cc2)ccc1Br. The smallest absolute Gasteiger partial charge is 0.262 e. The molecular formula is C21H25BrN2O4S. The Morgan fingerprint density at radius 2 is 1.72 bits per heavy atom. The van der Waals surface area contributed by atoms with Crippen LogP contribution in [0.1, 0.15) is 31.2 Å². The van der Waals surface area contributed by atoms with Crippen molar-refractivity contribution < 1.29 is 17.9 Å². The molecule has 1 aliphatic heterocycles. The molecule has 0 aliphatic carbocycles. The van der Waals surface area contributed by atoms with Crippen molar-refractivity contribution in [2.75, 3.05) is 25.0 Å². The maximum atomic E-state index is 12.8. The Hall–Kier alpha value is -1.90. The van der Waals surface area contributed by atoms with Gasteiger partial charge in [-0.25, -0.2) is 8.42 Å². The minimum atomic E-state index is -3.49. The van der Waals surface area contributed by atoms with Crippen molar-refractivity contribution in [1.82, 2.24) is 4.31 Å². The summed E-state index contributed by atoms with van der Waals surface area (Å²) in [6.07, 6.45) is 3.92. The Kier molecular flexibility index (Phi) is 7.32. The van der Waals surface area contributed by atoms with E-state index in [1.165, 1.54) is 12.1 Å². The molecule has 0 spiro atoms. The van der Waals surface area contributed by atoms with Gasteiger partial charge in [0.2, 0.25) is 10.0 Å². The number of ether oxygens (including phenoxy) is 1. The molecule has 1 aliphatic rings. The van der Waals surface area contributed by atoms with E-state index in [0.717, 1.165) is 35.7 Å². The van der Waals surface area contributed by atoms with Crippen molar-refractivity contribution in [2.24, 2.45) is 0 Å². The van der Waals surface area contributed by atoms with Gasteiger partial charge < -0.3 is 10.1 Å². The van der Waals surface area contributed by atoms with Crippen LogP contribution in [0.5, 0.6) is 5.75 Å². The van der Waals surface area contributed by atoms with Crippen molar-refractivity contribution in [3.63, 3.8) is 0 Å². The average molecular weight is 481 g/mol. The van der Waals surface area contributed by atoms with E-state index < -0.39 is 10.0 Å². The highest BCUT2D eigenvalue weighted by Crippen LogP contribution is 2.23.